The van der Waals surface area contributed by atoms with Gasteiger partial charge in [0.2, 0.25) is 0 Å². The first-order chi connectivity index (χ1) is 8.22. The first-order valence-electron chi connectivity index (χ1n) is 6.48. The molecule has 0 saturated heterocycles. The van der Waals surface area contributed by atoms with E-state index in [2.05, 4.69) is 30.3 Å². The monoisotopic (exact) mass is 239 g/mol. The molecule has 0 saturated carbocycles. The molecule has 1 unspecified atom stereocenters. The second-order valence-electron chi connectivity index (χ2n) is 4.28. The number of nitrogens with zero attached hydrogens (tertiary/aromatic N) is 2. The van der Waals surface area contributed by atoms with Gasteiger partial charge < -0.3 is 10.1 Å². The summed E-state index contributed by atoms with van der Waals surface area (Å²) in [5, 5.41) is 8.03. The highest BCUT2D eigenvalue weighted by Gasteiger charge is 2.15. The van der Waals surface area contributed by atoms with Crippen molar-refractivity contribution in [3.8, 4) is 0 Å². The maximum atomic E-state index is 5.11. The summed E-state index contributed by atoms with van der Waals surface area (Å²) in [6, 6.07) is 2.59. The molecule has 0 radical (unpaired) electrons. The summed E-state index contributed by atoms with van der Waals surface area (Å²) in [4.78, 5) is 0. The number of methoxy groups -OCH3 is 1. The van der Waals surface area contributed by atoms with Crippen LogP contribution in [0.3, 0.4) is 0 Å². The maximum absolute atomic E-state index is 5.11. The molecular weight excluding hydrogens is 214 g/mol. The van der Waals surface area contributed by atoms with E-state index >= 15 is 0 Å². The lowest BCUT2D eigenvalue weighted by molar-refractivity contribution is 0.188. The van der Waals surface area contributed by atoms with Gasteiger partial charge >= 0.3 is 0 Å². The van der Waals surface area contributed by atoms with Crippen LogP contribution >= 0.6 is 0 Å². The van der Waals surface area contributed by atoms with E-state index in [-0.39, 0.29) is 0 Å². The van der Waals surface area contributed by atoms with Crippen LogP contribution in [0.15, 0.2) is 6.07 Å². The van der Waals surface area contributed by atoms with Crippen molar-refractivity contribution in [2.24, 2.45) is 7.05 Å². The second kappa shape index (κ2) is 7.45. The highest BCUT2D eigenvalue weighted by atomic mass is 16.5. The number of hydrogen-bond acceptors (Lipinski definition) is 3. The van der Waals surface area contributed by atoms with Gasteiger partial charge in [-0.2, -0.15) is 5.10 Å². The zero-order valence-corrected chi connectivity index (χ0v) is 11.5. The van der Waals surface area contributed by atoms with Gasteiger partial charge in [-0.1, -0.05) is 13.8 Å². The third-order valence-corrected chi connectivity index (χ3v) is 2.98. The van der Waals surface area contributed by atoms with Crippen LogP contribution in [0.5, 0.6) is 0 Å². The van der Waals surface area contributed by atoms with Gasteiger partial charge in [0.25, 0.3) is 0 Å². The third-order valence-electron chi connectivity index (χ3n) is 2.98. The van der Waals surface area contributed by atoms with Crippen molar-refractivity contribution in [3.05, 3.63) is 17.5 Å². The number of hydrogen-bond donors (Lipinski definition) is 1. The number of nitrogens with one attached hydrogen (secondary N) is 1. The molecule has 1 rings (SSSR count). The van der Waals surface area contributed by atoms with E-state index in [0.717, 1.165) is 38.1 Å². The molecule has 0 fully saturated rings. The molecule has 17 heavy (non-hydrogen) atoms. The highest BCUT2D eigenvalue weighted by molar-refractivity contribution is 5.14. The molecule has 1 heterocycles. The Balaban J connectivity index is 2.69. The van der Waals surface area contributed by atoms with E-state index in [1.807, 2.05) is 11.7 Å². The molecule has 0 aliphatic heterocycles. The Morgan fingerprint density at radius 3 is 2.76 bits per heavy atom. The lowest BCUT2D eigenvalue weighted by Gasteiger charge is -2.17. The third kappa shape index (κ3) is 4.13. The summed E-state index contributed by atoms with van der Waals surface area (Å²) in [6.07, 6.45) is 3.15. The molecular formula is C13H25N3O. The average molecular weight is 239 g/mol. The molecule has 0 aliphatic rings. The first-order valence-corrected chi connectivity index (χ1v) is 6.48. The zero-order valence-electron chi connectivity index (χ0n) is 11.5. The molecule has 1 atom stereocenters. The largest absolute Gasteiger partial charge is 0.385 e. The van der Waals surface area contributed by atoms with Gasteiger partial charge in [-0.25, -0.2) is 0 Å². The standard InChI is InChI=1S/C13H25N3O/c1-5-11-10-13(16(3)15-11)12(14-6-2)8-7-9-17-4/h10,12,14H,5-9H2,1-4H3. The van der Waals surface area contributed by atoms with Crippen LogP contribution in [0.1, 0.15) is 44.1 Å². The predicted molar refractivity (Wildman–Crippen MR) is 70.1 cm³/mol. The topological polar surface area (TPSA) is 39.1 Å². The number of ether oxygens (including phenoxy) is 1. The van der Waals surface area contributed by atoms with E-state index < -0.39 is 0 Å². The minimum absolute atomic E-state index is 0.382. The van der Waals surface area contributed by atoms with Gasteiger partial charge in [0.15, 0.2) is 0 Å². The van der Waals surface area contributed by atoms with Gasteiger partial charge in [0.1, 0.15) is 0 Å². The van der Waals surface area contributed by atoms with Crippen LogP contribution in [0.25, 0.3) is 0 Å². The number of rotatable bonds is 8. The Morgan fingerprint density at radius 2 is 2.24 bits per heavy atom. The van der Waals surface area contributed by atoms with Crippen LogP contribution in [0, 0.1) is 0 Å². The Hall–Kier alpha value is -0.870. The molecule has 0 bridgehead atoms. The number of aryl methyl sites for hydroxylation is 2. The molecule has 1 aromatic heterocycles. The lowest BCUT2D eigenvalue weighted by atomic mass is 10.1. The van der Waals surface area contributed by atoms with Crippen LogP contribution in [-0.4, -0.2) is 30.0 Å². The van der Waals surface area contributed by atoms with Gasteiger partial charge in [-0.15, -0.1) is 0 Å². The van der Waals surface area contributed by atoms with Gasteiger partial charge in [0, 0.05) is 26.8 Å². The van der Waals surface area contributed by atoms with E-state index in [4.69, 9.17) is 4.74 Å². The SMILES string of the molecule is CCNC(CCCOC)c1cc(CC)nn1C. The van der Waals surface area contributed by atoms with Gasteiger partial charge in [-0.05, 0) is 31.9 Å². The van der Waals surface area contributed by atoms with Gasteiger partial charge in [0.05, 0.1) is 11.4 Å². The fraction of sp³-hybridized carbons (Fsp3) is 0.769. The van der Waals surface area contributed by atoms with Crippen molar-refractivity contribution in [2.75, 3.05) is 20.3 Å². The van der Waals surface area contributed by atoms with Crippen molar-refractivity contribution < 1.29 is 4.74 Å². The van der Waals surface area contributed by atoms with E-state index in [1.165, 1.54) is 5.69 Å². The van der Waals surface area contributed by atoms with E-state index in [0.29, 0.717) is 6.04 Å². The van der Waals surface area contributed by atoms with Crippen molar-refractivity contribution in [3.63, 3.8) is 0 Å². The smallest absolute Gasteiger partial charge is 0.0625 e. The maximum Gasteiger partial charge on any atom is 0.0625 e. The van der Waals surface area contributed by atoms with Crippen LogP contribution in [0.2, 0.25) is 0 Å². The highest BCUT2D eigenvalue weighted by Crippen LogP contribution is 2.19. The normalized spacial score (nSPS) is 12.9. The van der Waals surface area contributed by atoms with Crippen molar-refractivity contribution in [2.45, 2.75) is 39.2 Å². The molecule has 0 amide bonds. The Labute approximate surface area is 104 Å². The van der Waals surface area contributed by atoms with Crippen LogP contribution in [-0.2, 0) is 18.2 Å². The Morgan fingerprint density at radius 1 is 1.47 bits per heavy atom. The fourth-order valence-corrected chi connectivity index (χ4v) is 2.07. The Bertz CT molecular complexity index is 322. The summed E-state index contributed by atoms with van der Waals surface area (Å²) >= 11 is 0. The molecule has 4 nitrogen and oxygen atoms in total. The second-order valence-corrected chi connectivity index (χ2v) is 4.28. The van der Waals surface area contributed by atoms with Crippen molar-refractivity contribution in [1.82, 2.24) is 15.1 Å². The molecule has 0 spiro atoms. The average Bonchev–Trinajstić information content (AvgIpc) is 2.70. The summed E-state index contributed by atoms with van der Waals surface area (Å²) < 4.78 is 7.11. The summed E-state index contributed by atoms with van der Waals surface area (Å²) in [7, 11) is 3.77. The van der Waals surface area contributed by atoms with Crippen LogP contribution in [0.4, 0.5) is 0 Å². The molecule has 0 aliphatic carbocycles. The Kier molecular flexibility index (Phi) is 6.22. The number of aromatic nitrogens is 2. The zero-order chi connectivity index (χ0) is 12.7. The van der Waals surface area contributed by atoms with Gasteiger partial charge in [-0.3, -0.25) is 4.68 Å². The lowest BCUT2D eigenvalue weighted by Crippen LogP contribution is -2.23. The molecule has 4 heteroatoms. The molecule has 1 N–H and O–H groups in total. The van der Waals surface area contributed by atoms with Crippen molar-refractivity contribution in [1.29, 1.82) is 0 Å². The first kappa shape index (κ1) is 14.2. The van der Waals surface area contributed by atoms with E-state index in [9.17, 15) is 0 Å². The summed E-state index contributed by atoms with van der Waals surface area (Å²) in [6.45, 7) is 6.07. The fourth-order valence-electron chi connectivity index (χ4n) is 2.07. The minimum atomic E-state index is 0.382. The van der Waals surface area contributed by atoms with Crippen molar-refractivity contribution >= 4 is 0 Å². The summed E-state index contributed by atoms with van der Waals surface area (Å²) in [5.41, 5.74) is 2.44. The molecule has 98 valence electrons. The summed E-state index contributed by atoms with van der Waals surface area (Å²) in [5.74, 6) is 0. The van der Waals surface area contributed by atoms with E-state index in [1.54, 1.807) is 7.11 Å². The minimum Gasteiger partial charge on any atom is -0.385 e. The molecule has 0 aromatic carbocycles. The van der Waals surface area contributed by atoms with Crippen LogP contribution < -0.4 is 5.32 Å². The molecule has 1 aromatic rings. The quantitative estimate of drug-likeness (QED) is 0.706. The predicted octanol–water partition coefficient (Wildman–Crippen LogP) is 2.06.